The topological polar surface area (TPSA) is 27.3 Å². The van der Waals surface area contributed by atoms with Crippen LogP contribution in [0.4, 0.5) is 0 Å². The Labute approximate surface area is 68.1 Å². The molecule has 3 heteroatoms. The molecule has 64 valence electrons. The van der Waals surface area contributed by atoms with Gasteiger partial charge in [0.25, 0.3) is 0 Å². The van der Waals surface area contributed by atoms with E-state index in [0.29, 0.717) is 5.41 Å². The van der Waals surface area contributed by atoms with Crippen molar-refractivity contribution >= 4 is 0 Å². The minimum absolute atomic E-state index is 0.688. The zero-order valence-electron chi connectivity index (χ0n) is 7.19. The first-order valence-corrected chi connectivity index (χ1v) is 4.48. The van der Waals surface area contributed by atoms with Gasteiger partial charge in [0.05, 0.1) is 0 Å². The van der Waals surface area contributed by atoms with Gasteiger partial charge in [0, 0.05) is 26.2 Å². The normalized spacial score (nSPS) is 30.3. The Morgan fingerprint density at radius 1 is 1.27 bits per heavy atom. The summed E-state index contributed by atoms with van der Waals surface area (Å²) in [4.78, 5) is 0. The zero-order valence-corrected chi connectivity index (χ0v) is 7.19. The van der Waals surface area contributed by atoms with Crippen LogP contribution >= 0.6 is 0 Å². The second-order valence-corrected chi connectivity index (χ2v) is 3.81. The van der Waals surface area contributed by atoms with Crippen LogP contribution in [0.2, 0.25) is 0 Å². The highest BCUT2D eigenvalue weighted by Crippen LogP contribution is 2.34. The van der Waals surface area contributed by atoms with Crippen LogP contribution in [0.25, 0.3) is 0 Å². The first-order chi connectivity index (χ1) is 5.35. The molecule has 0 amide bonds. The van der Waals surface area contributed by atoms with E-state index < -0.39 is 0 Å². The van der Waals surface area contributed by atoms with Gasteiger partial charge in [0.15, 0.2) is 0 Å². The van der Waals surface area contributed by atoms with Crippen LogP contribution in [-0.2, 0) is 0 Å². The molecule has 0 aromatic heterocycles. The van der Waals surface area contributed by atoms with Crippen LogP contribution in [0, 0.1) is 5.41 Å². The molecule has 0 atom stereocenters. The van der Waals surface area contributed by atoms with Gasteiger partial charge in [-0.15, -0.1) is 0 Å². The molecule has 11 heavy (non-hydrogen) atoms. The number of rotatable bonds is 1. The van der Waals surface area contributed by atoms with Crippen LogP contribution < -0.4 is 10.7 Å². The van der Waals surface area contributed by atoms with Crippen molar-refractivity contribution in [3.05, 3.63) is 0 Å². The standard InChI is InChI=1S/C8H17N3/c1-9-11-4-2-8(3-5-11)6-10-7-8/h9-10H,2-7H2,1H3. The van der Waals surface area contributed by atoms with Crippen molar-refractivity contribution in [3.63, 3.8) is 0 Å². The third-order valence-corrected chi connectivity index (χ3v) is 3.14. The van der Waals surface area contributed by atoms with Crippen molar-refractivity contribution < 1.29 is 0 Å². The summed E-state index contributed by atoms with van der Waals surface area (Å²) >= 11 is 0. The summed E-state index contributed by atoms with van der Waals surface area (Å²) in [6.45, 7) is 4.95. The summed E-state index contributed by atoms with van der Waals surface area (Å²) in [5.41, 5.74) is 3.89. The van der Waals surface area contributed by atoms with Gasteiger partial charge in [-0.25, -0.2) is 5.01 Å². The molecule has 2 aliphatic heterocycles. The molecular weight excluding hydrogens is 138 g/mol. The lowest BCUT2D eigenvalue weighted by molar-refractivity contribution is 0.0354. The van der Waals surface area contributed by atoms with Gasteiger partial charge < -0.3 is 5.32 Å². The number of piperidine rings is 1. The Morgan fingerprint density at radius 3 is 2.27 bits per heavy atom. The molecule has 0 unspecified atom stereocenters. The highest BCUT2D eigenvalue weighted by Gasteiger charge is 2.39. The predicted octanol–water partition coefficient (Wildman–Crippen LogP) is -0.194. The van der Waals surface area contributed by atoms with Crippen LogP contribution in [0.5, 0.6) is 0 Å². The average Bonchev–Trinajstić information content (AvgIpc) is 2.02. The Balaban J connectivity index is 1.84. The highest BCUT2D eigenvalue weighted by atomic mass is 15.5. The maximum absolute atomic E-state index is 3.37. The first kappa shape index (κ1) is 7.53. The van der Waals surface area contributed by atoms with Gasteiger partial charge >= 0.3 is 0 Å². The van der Waals surface area contributed by atoms with E-state index in [1.54, 1.807) is 0 Å². The van der Waals surface area contributed by atoms with Crippen LogP contribution in [-0.4, -0.2) is 38.2 Å². The number of nitrogens with zero attached hydrogens (tertiary/aromatic N) is 1. The van der Waals surface area contributed by atoms with E-state index in [1.165, 1.54) is 39.0 Å². The third-order valence-electron chi connectivity index (χ3n) is 3.14. The van der Waals surface area contributed by atoms with Crippen molar-refractivity contribution in [1.82, 2.24) is 15.8 Å². The lowest BCUT2D eigenvalue weighted by atomic mass is 9.74. The maximum atomic E-state index is 3.37. The van der Waals surface area contributed by atoms with E-state index in [2.05, 4.69) is 15.8 Å². The fourth-order valence-electron chi connectivity index (χ4n) is 2.04. The molecule has 0 aliphatic carbocycles. The molecule has 0 radical (unpaired) electrons. The van der Waals surface area contributed by atoms with Gasteiger partial charge in [-0.05, 0) is 25.3 Å². The molecular formula is C8H17N3. The maximum Gasteiger partial charge on any atom is 0.0137 e. The second-order valence-electron chi connectivity index (χ2n) is 3.81. The van der Waals surface area contributed by atoms with E-state index in [1.807, 2.05) is 7.05 Å². The van der Waals surface area contributed by atoms with Gasteiger partial charge in [0.1, 0.15) is 0 Å². The molecule has 2 aliphatic rings. The minimum Gasteiger partial charge on any atom is -0.316 e. The smallest absolute Gasteiger partial charge is 0.0137 e. The molecule has 2 N–H and O–H groups in total. The monoisotopic (exact) mass is 155 g/mol. The van der Waals surface area contributed by atoms with Crippen molar-refractivity contribution in [1.29, 1.82) is 0 Å². The molecule has 0 saturated carbocycles. The zero-order chi connectivity index (χ0) is 7.73. The lowest BCUT2D eigenvalue weighted by Crippen LogP contribution is -2.59. The van der Waals surface area contributed by atoms with Crippen LogP contribution in [0.15, 0.2) is 0 Å². The molecule has 1 spiro atoms. The Bertz CT molecular complexity index is 132. The fraction of sp³-hybridized carbons (Fsp3) is 1.00. The van der Waals surface area contributed by atoms with Crippen LogP contribution in [0.3, 0.4) is 0 Å². The summed E-state index contributed by atoms with van der Waals surface area (Å²) in [6, 6.07) is 0. The number of hydrazine groups is 1. The summed E-state index contributed by atoms with van der Waals surface area (Å²) < 4.78 is 0. The van der Waals surface area contributed by atoms with Gasteiger partial charge in [0.2, 0.25) is 0 Å². The predicted molar refractivity (Wildman–Crippen MR) is 45.2 cm³/mol. The third kappa shape index (κ3) is 1.28. The van der Waals surface area contributed by atoms with Crippen molar-refractivity contribution in [3.8, 4) is 0 Å². The molecule has 2 heterocycles. The van der Waals surface area contributed by atoms with E-state index in [-0.39, 0.29) is 0 Å². The van der Waals surface area contributed by atoms with Gasteiger partial charge in [-0.1, -0.05) is 0 Å². The van der Waals surface area contributed by atoms with Gasteiger partial charge in [-0.3, -0.25) is 5.43 Å². The number of hydrogen-bond acceptors (Lipinski definition) is 3. The molecule has 0 aromatic rings. The number of hydrogen-bond donors (Lipinski definition) is 2. The van der Waals surface area contributed by atoms with E-state index in [4.69, 9.17) is 0 Å². The lowest BCUT2D eigenvalue weighted by Gasteiger charge is -2.48. The van der Waals surface area contributed by atoms with Gasteiger partial charge in [-0.2, -0.15) is 0 Å². The summed E-state index contributed by atoms with van der Waals surface area (Å²) in [6.07, 6.45) is 2.72. The first-order valence-electron chi connectivity index (χ1n) is 4.48. The average molecular weight is 155 g/mol. The quantitative estimate of drug-likeness (QED) is 0.549. The Morgan fingerprint density at radius 2 is 1.91 bits per heavy atom. The van der Waals surface area contributed by atoms with E-state index in [9.17, 15) is 0 Å². The molecule has 3 nitrogen and oxygen atoms in total. The van der Waals surface area contributed by atoms with Crippen molar-refractivity contribution in [2.45, 2.75) is 12.8 Å². The SMILES string of the molecule is CNN1CCC2(CC1)CNC2. The molecule has 2 fully saturated rings. The summed E-state index contributed by atoms with van der Waals surface area (Å²) in [7, 11) is 2.01. The number of nitrogens with one attached hydrogen (secondary N) is 2. The summed E-state index contributed by atoms with van der Waals surface area (Å²) in [5.74, 6) is 0. The largest absolute Gasteiger partial charge is 0.316 e. The van der Waals surface area contributed by atoms with Crippen LogP contribution in [0.1, 0.15) is 12.8 Å². The molecule has 0 aromatic carbocycles. The minimum atomic E-state index is 0.688. The summed E-state index contributed by atoms with van der Waals surface area (Å²) in [5, 5.41) is 5.67. The molecule has 2 rings (SSSR count). The van der Waals surface area contributed by atoms with E-state index >= 15 is 0 Å². The second kappa shape index (κ2) is 2.73. The molecule has 0 bridgehead atoms. The van der Waals surface area contributed by atoms with Crippen molar-refractivity contribution in [2.24, 2.45) is 5.41 Å². The Kier molecular flexibility index (Phi) is 1.87. The fourth-order valence-corrected chi connectivity index (χ4v) is 2.04. The Hall–Kier alpha value is -0.120. The van der Waals surface area contributed by atoms with E-state index in [0.717, 1.165) is 0 Å². The highest BCUT2D eigenvalue weighted by molar-refractivity contribution is 4.95. The van der Waals surface area contributed by atoms with Crippen molar-refractivity contribution in [2.75, 3.05) is 33.2 Å². The molecule has 2 saturated heterocycles.